The molecule has 1 aliphatic heterocycles. The molecule has 53 heavy (non-hydrogen) atoms. The number of halogens is 1. The van der Waals surface area contributed by atoms with Gasteiger partial charge >= 0.3 is 0 Å². The molecule has 2 heterocycles. The van der Waals surface area contributed by atoms with Crippen LogP contribution in [-0.4, -0.2) is 67.3 Å². The first kappa shape index (κ1) is 36.9. The lowest BCUT2D eigenvalue weighted by Crippen LogP contribution is -2.51. The Morgan fingerprint density at radius 1 is 1.11 bits per heavy atom. The van der Waals surface area contributed by atoms with E-state index in [0.717, 1.165) is 64.0 Å². The monoisotopic (exact) mass is 718 g/mol. The minimum absolute atomic E-state index is 0.0261. The van der Waals surface area contributed by atoms with Gasteiger partial charge in [-0.05, 0) is 94.0 Å². The molecule has 274 valence electrons. The minimum Gasteiger partial charge on any atom is -0.368 e. The molecule has 0 bridgehead atoms. The Kier molecular flexibility index (Phi) is 10.5. The Morgan fingerprint density at radius 2 is 1.83 bits per heavy atom. The van der Waals surface area contributed by atoms with Crippen LogP contribution in [0, 0.1) is 43.8 Å². The molecule has 2 fully saturated rings. The van der Waals surface area contributed by atoms with Crippen LogP contribution in [0.4, 0.5) is 21.5 Å². The maximum atomic E-state index is 15.7. The van der Waals surface area contributed by atoms with Crippen LogP contribution in [0.2, 0.25) is 0 Å². The van der Waals surface area contributed by atoms with Crippen LogP contribution in [0.1, 0.15) is 75.9 Å². The Balaban J connectivity index is 1.22. The van der Waals surface area contributed by atoms with Crippen LogP contribution in [0.3, 0.4) is 0 Å². The number of aldehydes is 1. The molecule has 1 aromatic heterocycles. The molecule has 1 N–H and O–H groups in total. The molecule has 1 unspecified atom stereocenters. The number of nitriles is 1. The van der Waals surface area contributed by atoms with E-state index < -0.39 is 29.1 Å². The molecule has 6 rings (SSSR count). The highest BCUT2D eigenvalue weighted by Crippen LogP contribution is 2.48. The molecule has 3 aromatic carbocycles. The van der Waals surface area contributed by atoms with E-state index in [0.29, 0.717) is 32.3 Å². The highest BCUT2D eigenvalue weighted by molar-refractivity contribution is 6.02. The summed E-state index contributed by atoms with van der Waals surface area (Å²) >= 11 is 0. The molecule has 12 heteroatoms. The second-order valence-electron chi connectivity index (χ2n) is 14.3. The third-order valence-electron chi connectivity index (χ3n) is 10.7. The summed E-state index contributed by atoms with van der Waals surface area (Å²) in [5.74, 6) is -0.742. The average Bonchev–Trinajstić information content (AvgIpc) is 3.87. The Bertz CT molecular complexity index is 2070. The van der Waals surface area contributed by atoms with Crippen molar-refractivity contribution in [1.29, 1.82) is 5.26 Å². The number of anilines is 3. The van der Waals surface area contributed by atoms with Crippen LogP contribution in [0.15, 0.2) is 59.1 Å². The number of carbonyl (C=O) groups excluding carboxylic acids is 4. The van der Waals surface area contributed by atoms with Crippen molar-refractivity contribution in [3.63, 3.8) is 0 Å². The number of imide groups is 1. The molecular weight excluding hydrogens is 675 g/mol. The number of rotatable bonds is 14. The first-order valence-electron chi connectivity index (χ1n) is 17.8. The van der Waals surface area contributed by atoms with E-state index >= 15 is 4.39 Å². The standard InChI is InChI=1S/C41H43FN6O5/c1-25-6-8-30(39-27(3)45-53-28(39)4)16-36(25)48(33-11-9-32(10-12-33)41(23-43)14-15-41)21-29-19-47(20-29)37-17-31(22-49)34(18-35(37)42)40(52)46(5)26(2)7-13-38(51)44-24-50/h6,8-12,16-18,22,24,26,29H,7,13-15,19-21H2,1-5H3,(H,44,50,51). The number of hydrogen-bond acceptors (Lipinski definition) is 9. The summed E-state index contributed by atoms with van der Waals surface area (Å²) < 4.78 is 21.2. The van der Waals surface area contributed by atoms with Gasteiger partial charge in [-0.2, -0.15) is 5.26 Å². The number of nitrogens with one attached hydrogen (secondary N) is 1. The van der Waals surface area contributed by atoms with E-state index in [9.17, 15) is 24.4 Å². The van der Waals surface area contributed by atoms with Crippen molar-refractivity contribution in [2.45, 2.75) is 64.8 Å². The second kappa shape index (κ2) is 15.0. The topological polar surface area (TPSA) is 140 Å². The number of aryl methyl sites for hydroxylation is 3. The summed E-state index contributed by atoms with van der Waals surface area (Å²) in [4.78, 5) is 53.3. The summed E-state index contributed by atoms with van der Waals surface area (Å²) in [5.41, 5.74) is 6.69. The molecule has 0 spiro atoms. The number of amides is 3. The highest BCUT2D eigenvalue weighted by atomic mass is 19.1. The molecule has 0 radical (unpaired) electrons. The van der Waals surface area contributed by atoms with Gasteiger partial charge in [0.05, 0.1) is 28.4 Å². The van der Waals surface area contributed by atoms with Gasteiger partial charge in [0.25, 0.3) is 5.91 Å². The van der Waals surface area contributed by atoms with E-state index in [1.54, 1.807) is 6.92 Å². The minimum atomic E-state index is -0.606. The number of carbonyl (C=O) groups is 4. The van der Waals surface area contributed by atoms with Gasteiger partial charge in [0.15, 0.2) is 6.29 Å². The number of hydrogen-bond donors (Lipinski definition) is 1. The largest absolute Gasteiger partial charge is 0.368 e. The fourth-order valence-electron chi connectivity index (χ4n) is 7.15. The summed E-state index contributed by atoms with van der Waals surface area (Å²) in [6, 6.07) is 19.1. The summed E-state index contributed by atoms with van der Waals surface area (Å²) in [7, 11) is 1.53. The molecule has 2 aliphatic rings. The fourth-order valence-corrected chi connectivity index (χ4v) is 7.15. The smallest absolute Gasteiger partial charge is 0.254 e. The van der Waals surface area contributed by atoms with Gasteiger partial charge < -0.3 is 19.2 Å². The van der Waals surface area contributed by atoms with Gasteiger partial charge in [-0.25, -0.2) is 4.39 Å². The van der Waals surface area contributed by atoms with E-state index in [4.69, 9.17) is 4.52 Å². The van der Waals surface area contributed by atoms with Gasteiger partial charge in [-0.3, -0.25) is 24.5 Å². The third-order valence-corrected chi connectivity index (χ3v) is 10.7. The molecule has 1 saturated carbocycles. The quantitative estimate of drug-likeness (QED) is 0.144. The second-order valence-corrected chi connectivity index (χ2v) is 14.3. The number of aromatic nitrogens is 1. The van der Waals surface area contributed by atoms with Crippen molar-refractivity contribution in [3.05, 3.63) is 94.1 Å². The number of benzene rings is 3. The summed E-state index contributed by atoms with van der Waals surface area (Å²) in [6.07, 6.45) is 2.89. The Hall–Kier alpha value is -5.83. The van der Waals surface area contributed by atoms with Crippen molar-refractivity contribution < 1.29 is 28.1 Å². The lowest BCUT2D eigenvalue weighted by atomic mass is 9.94. The molecule has 11 nitrogen and oxygen atoms in total. The zero-order valence-electron chi connectivity index (χ0n) is 30.6. The molecule has 1 atom stereocenters. The normalized spacial score (nSPS) is 15.2. The van der Waals surface area contributed by atoms with Crippen molar-refractivity contribution in [2.75, 3.05) is 36.5 Å². The molecule has 1 saturated heterocycles. The summed E-state index contributed by atoms with van der Waals surface area (Å²) in [6.45, 7) is 9.29. The molecule has 1 aliphatic carbocycles. The van der Waals surface area contributed by atoms with E-state index in [2.05, 4.69) is 58.7 Å². The highest BCUT2D eigenvalue weighted by Gasteiger charge is 2.45. The van der Waals surface area contributed by atoms with Crippen LogP contribution in [-0.2, 0) is 15.0 Å². The molecular formula is C41H43FN6O5. The van der Waals surface area contributed by atoms with Crippen molar-refractivity contribution in [2.24, 2.45) is 5.92 Å². The average molecular weight is 719 g/mol. The fraction of sp³-hybridized carbons (Fsp3) is 0.366. The van der Waals surface area contributed by atoms with E-state index in [-0.39, 0.29) is 35.6 Å². The third kappa shape index (κ3) is 7.42. The first-order valence-corrected chi connectivity index (χ1v) is 17.8. The van der Waals surface area contributed by atoms with Gasteiger partial charge in [-0.1, -0.05) is 29.4 Å². The maximum absolute atomic E-state index is 15.7. The Morgan fingerprint density at radius 3 is 2.43 bits per heavy atom. The summed E-state index contributed by atoms with van der Waals surface area (Å²) in [5, 5.41) is 16.0. The van der Waals surface area contributed by atoms with E-state index in [1.165, 1.54) is 18.0 Å². The van der Waals surface area contributed by atoms with Crippen LogP contribution >= 0.6 is 0 Å². The van der Waals surface area contributed by atoms with Crippen molar-refractivity contribution >= 4 is 41.6 Å². The zero-order chi connectivity index (χ0) is 38.0. The van der Waals surface area contributed by atoms with Gasteiger partial charge in [0.2, 0.25) is 12.3 Å². The van der Waals surface area contributed by atoms with Crippen molar-refractivity contribution in [1.82, 2.24) is 15.4 Å². The van der Waals surface area contributed by atoms with Crippen molar-refractivity contribution in [3.8, 4) is 17.2 Å². The first-order chi connectivity index (χ1) is 25.4. The zero-order valence-corrected chi connectivity index (χ0v) is 30.6. The molecule has 3 amide bonds. The van der Waals surface area contributed by atoms with Crippen LogP contribution in [0.25, 0.3) is 11.1 Å². The van der Waals surface area contributed by atoms with Crippen LogP contribution in [0.5, 0.6) is 0 Å². The van der Waals surface area contributed by atoms with E-state index in [1.807, 2.05) is 30.9 Å². The van der Waals surface area contributed by atoms with Gasteiger partial charge in [0, 0.05) is 67.6 Å². The molecule has 4 aromatic rings. The van der Waals surface area contributed by atoms with Gasteiger partial charge in [0.1, 0.15) is 11.6 Å². The Labute approximate surface area is 308 Å². The lowest BCUT2D eigenvalue weighted by molar-refractivity contribution is -0.125. The number of nitrogens with zero attached hydrogens (tertiary/aromatic N) is 5. The predicted molar refractivity (Wildman–Crippen MR) is 199 cm³/mol. The lowest BCUT2D eigenvalue weighted by Gasteiger charge is -2.44. The maximum Gasteiger partial charge on any atom is 0.254 e. The van der Waals surface area contributed by atoms with Crippen LogP contribution < -0.4 is 15.1 Å². The SMILES string of the molecule is Cc1ccc(-c2c(C)noc2C)cc1N(CC1CN(c2cc(C=O)c(C(=O)N(C)C(C)CCC(=O)NC=O)cc2F)C1)c1ccc(C2(C#N)CC2)cc1. The van der Waals surface area contributed by atoms with Gasteiger partial charge in [-0.15, -0.1) is 0 Å². The predicted octanol–water partition coefficient (Wildman–Crippen LogP) is 6.56.